The summed E-state index contributed by atoms with van der Waals surface area (Å²) in [7, 11) is 0. The molecule has 0 bridgehead atoms. The lowest BCUT2D eigenvalue weighted by Crippen LogP contribution is -2.09. The van der Waals surface area contributed by atoms with Crippen LogP contribution in [0.25, 0.3) is 5.69 Å². The molecule has 134 valence electrons. The van der Waals surface area contributed by atoms with E-state index in [1.165, 1.54) is 11.3 Å². The quantitative estimate of drug-likeness (QED) is 0.495. The van der Waals surface area contributed by atoms with Crippen LogP contribution in [-0.4, -0.2) is 26.1 Å². The maximum Gasteiger partial charge on any atom is 0.265 e. The van der Waals surface area contributed by atoms with E-state index in [9.17, 15) is 4.79 Å². The molecule has 0 aliphatic carbocycles. The number of thiophene rings is 1. The molecule has 6 nitrogen and oxygen atoms in total. The number of thioether (sulfide) groups is 1. The standard InChI is InChI=1S/C19H15N5OS2/c25-19(17-7-4-12-26-17)20-14-8-10-16(11-9-14)27-13-18-21-22-23-24(18)15-5-2-1-3-6-15/h1-12H,13H2,(H,20,25). The molecule has 0 spiro atoms. The Morgan fingerprint density at radius 2 is 1.85 bits per heavy atom. The predicted molar refractivity (Wildman–Crippen MR) is 107 cm³/mol. The van der Waals surface area contributed by atoms with Crippen molar-refractivity contribution in [3.63, 3.8) is 0 Å². The molecule has 0 radical (unpaired) electrons. The third-order valence-electron chi connectivity index (χ3n) is 3.76. The number of para-hydroxylation sites is 1. The molecule has 4 rings (SSSR count). The zero-order valence-corrected chi connectivity index (χ0v) is 15.8. The number of carbonyl (C=O) groups is 1. The van der Waals surface area contributed by atoms with Crippen molar-refractivity contribution in [1.29, 1.82) is 0 Å². The smallest absolute Gasteiger partial charge is 0.265 e. The zero-order chi connectivity index (χ0) is 18.5. The maximum absolute atomic E-state index is 12.1. The lowest BCUT2D eigenvalue weighted by molar-refractivity contribution is 0.103. The first-order chi connectivity index (χ1) is 13.3. The molecule has 1 amide bonds. The lowest BCUT2D eigenvalue weighted by atomic mass is 10.3. The van der Waals surface area contributed by atoms with Gasteiger partial charge in [0, 0.05) is 10.6 Å². The van der Waals surface area contributed by atoms with Crippen molar-refractivity contribution in [2.45, 2.75) is 10.6 Å². The molecule has 8 heteroatoms. The molecule has 27 heavy (non-hydrogen) atoms. The van der Waals surface area contributed by atoms with E-state index in [1.807, 2.05) is 66.0 Å². The Hall–Kier alpha value is -2.97. The maximum atomic E-state index is 12.1. The van der Waals surface area contributed by atoms with Crippen LogP contribution in [0.5, 0.6) is 0 Å². The van der Waals surface area contributed by atoms with Crippen molar-refractivity contribution in [3.05, 3.63) is 82.8 Å². The normalized spacial score (nSPS) is 10.7. The van der Waals surface area contributed by atoms with Gasteiger partial charge < -0.3 is 5.32 Å². The van der Waals surface area contributed by atoms with Gasteiger partial charge in [-0.3, -0.25) is 4.79 Å². The van der Waals surface area contributed by atoms with Crippen LogP contribution in [0, 0.1) is 0 Å². The summed E-state index contributed by atoms with van der Waals surface area (Å²) in [6.07, 6.45) is 0. The molecular weight excluding hydrogens is 378 g/mol. The van der Waals surface area contributed by atoms with Gasteiger partial charge in [0.2, 0.25) is 0 Å². The number of carbonyl (C=O) groups excluding carboxylic acids is 1. The van der Waals surface area contributed by atoms with E-state index in [-0.39, 0.29) is 5.91 Å². The van der Waals surface area contributed by atoms with Crippen molar-refractivity contribution in [1.82, 2.24) is 20.2 Å². The van der Waals surface area contributed by atoms with Crippen LogP contribution < -0.4 is 5.32 Å². The van der Waals surface area contributed by atoms with Gasteiger partial charge in [-0.1, -0.05) is 24.3 Å². The fourth-order valence-corrected chi connectivity index (χ4v) is 3.87. The van der Waals surface area contributed by atoms with E-state index in [2.05, 4.69) is 20.8 Å². The number of nitrogens with one attached hydrogen (secondary N) is 1. The Kier molecular flexibility index (Phi) is 5.27. The van der Waals surface area contributed by atoms with Crippen LogP contribution in [0.15, 0.2) is 77.0 Å². The highest BCUT2D eigenvalue weighted by Gasteiger charge is 2.09. The lowest BCUT2D eigenvalue weighted by Gasteiger charge is -2.06. The summed E-state index contributed by atoms with van der Waals surface area (Å²) < 4.78 is 1.74. The van der Waals surface area contributed by atoms with Gasteiger partial charge in [0.15, 0.2) is 5.82 Å². The topological polar surface area (TPSA) is 72.7 Å². The fourth-order valence-electron chi connectivity index (χ4n) is 2.45. The van der Waals surface area contributed by atoms with Crippen LogP contribution in [0.2, 0.25) is 0 Å². The molecule has 2 aromatic heterocycles. The minimum Gasteiger partial charge on any atom is -0.321 e. The number of nitrogens with zero attached hydrogens (tertiary/aromatic N) is 4. The molecule has 4 aromatic rings. The van der Waals surface area contributed by atoms with Gasteiger partial charge in [0.05, 0.1) is 16.3 Å². The van der Waals surface area contributed by atoms with Crippen LogP contribution in [0.1, 0.15) is 15.5 Å². The number of amides is 1. The number of tetrazole rings is 1. The monoisotopic (exact) mass is 393 g/mol. The minimum absolute atomic E-state index is 0.0903. The van der Waals surface area contributed by atoms with E-state index in [1.54, 1.807) is 22.5 Å². The first-order valence-corrected chi connectivity index (χ1v) is 10.1. The number of hydrogen-bond acceptors (Lipinski definition) is 6. The highest BCUT2D eigenvalue weighted by molar-refractivity contribution is 7.98. The predicted octanol–water partition coefficient (Wildman–Crippen LogP) is 4.27. The Bertz CT molecular complexity index is 1010. The highest BCUT2D eigenvalue weighted by atomic mass is 32.2. The summed E-state index contributed by atoms with van der Waals surface area (Å²) >= 11 is 3.06. The van der Waals surface area contributed by atoms with Gasteiger partial charge in [-0.25, -0.2) is 0 Å². The molecular formula is C19H15N5OS2. The van der Waals surface area contributed by atoms with Crippen molar-refractivity contribution in [3.8, 4) is 5.69 Å². The van der Waals surface area contributed by atoms with E-state index in [4.69, 9.17) is 0 Å². The Labute approximate surface area is 164 Å². The molecule has 1 N–H and O–H groups in total. The first-order valence-electron chi connectivity index (χ1n) is 8.20. The van der Waals surface area contributed by atoms with Gasteiger partial charge >= 0.3 is 0 Å². The number of rotatable bonds is 6. The average molecular weight is 393 g/mol. The Balaban J connectivity index is 1.39. The Morgan fingerprint density at radius 3 is 2.59 bits per heavy atom. The number of benzene rings is 2. The van der Waals surface area contributed by atoms with Gasteiger partial charge in [-0.05, 0) is 58.3 Å². The molecule has 0 atom stereocenters. The van der Waals surface area contributed by atoms with E-state index in [0.717, 1.165) is 22.1 Å². The summed E-state index contributed by atoms with van der Waals surface area (Å²) in [5.41, 5.74) is 1.71. The SMILES string of the molecule is O=C(Nc1ccc(SCc2nnnn2-c2ccccc2)cc1)c1cccs1. The molecule has 0 aliphatic rings. The van der Waals surface area contributed by atoms with E-state index in [0.29, 0.717) is 10.6 Å². The zero-order valence-electron chi connectivity index (χ0n) is 14.1. The molecule has 2 aromatic carbocycles. The molecule has 0 saturated carbocycles. The fraction of sp³-hybridized carbons (Fsp3) is 0.0526. The van der Waals surface area contributed by atoms with Crippen LogP contribution in [0.4, 0.5) is 5.69 Å². The van der Waals surface area contributed by atoms with Crippen molar-refractivity contribution < 1.29 is 4.79 Å². The molecule has 0 aliphatic heterocycles. The van der Waals surface area contributed by atoms with Gasteiger partial charge in [-0.15, -0.1) is 28.2 Å². The van der Waals surface area contributed by atoms with Gasteiger partial charge in [0.1, 0.15) is 0 Å². The third-order valence-corrected chi connectivity index (χ3v) is 5.64. The number of hydrogen-bond donors (Lipinski definition) is 1. The van der Waals surface area contributed by atoms with Crippen molar-refractivity contribution >= 4 is 34.7 Å². The van der Waals surface area contributed by atoms with E-state index < -0.39 is 0 Å². The largest absolute Gasteiger partial charge is 0.321 e. The second-order valence-corrected chi connectivity index (χ2v) is 7.58. The van der Waals surface area contributed by atoms with E-state index >= 15 is 0 Å². The summed E-state index contributed by atoms with van der Waals surface area (Å²) in [5.74, 6) is 1.33. The second-order valence-electron chi connectivity index (χ2n) is 5.59. The minimum atomic E-state index is -0.0903. The summed E-state index contributed by atoms with van der Waals surface area (Å²) in [6, 6.07) is 21.2. The first kappa shape index (κ1) is 17.4. The van der Waals surface area contributed by atoms with Crippen molar-refractivity contribution in [2.24, 2.45) is 0 Å². The van der Waals surface area contributed by atoms with Crippen LogP contribution in [-0.2, 0) is 5.75 Å². The average Bonchev–Trinajstić information content (AvgIpc) is 3.40. The molecule has 0 fully saturated rings. The molecule has 0 unspecified atom stereocenters. The van der Waals surface area contributed by atoms with Gasteiger partial charge in [0.25, 0.3) is 5.91 Å². The number of aromatic nitrogens is 4. The Morgan fingerprint density at radius 1 is 1.04 bits per heavy atom. The van der Waals surface area contributed by atoms with Crippen molar-refractivity contribution in [2.75, 3.05) is 5.32 Å². The molecule has 0 saturated heterocycles. The third kappa shape index (κ3) is 4.24. The summed E-state index contributed by atoms with van der Waals surface area (Å²) in [6.45, 7) is 0. The highest BCUT2D eigenvalue weighted by Crippen LogP contribution is 2.24. The number of anilines is 1. The van der Waals surface area contributed by atoms with Crippen LogP contribution in [0.3, 0.4) is 0 Å². The summed E-state index contributed by atoms with van der Waals surface area (Å²) in [4.78, 5) is 13.9. The van der Waals surface area contributed by atoms with Crippen LogP contribution >= 0.6 is 23.1 Å². The van der Waals surface area contributed by atoms with Gasteiger partial charge in [-0.2, -0.15) is 4.68 Å². The second kappa shape index (κ2) is 8.15. The summed E-state index contributed by atoms with van der Waals surface area (Å²) in [5, 5.41) is 16.8. The molecule has 2 heterocycles.